The van der Waals surface area contributed by atoms with E-state index in [0.717, 1.165) is 24.3 Å². The van der Waals surface area contributed by atoms with E-state index in [-0.39, 0.29) is 0 Å². The number of halogens is 3. The third-order valence-corrected chi connectivity index (χ3v) is 2.77. The fourth-order valence-corrected chi connectivity index (χ4v) is 1.79. The van der Waals surface area contributed by atoms with Crippen LogP contribution >= 0.6 is 0 Å². The summed E-state index contributed by atoms with van der Waals surface area (Å²) in [7, 11) is 0. The van der Waals surface area contributed by atoms with Gasteiger partial charge in [0.25, 0.3) is 5.69 Å². The van der Waals surface area contributed by atoms with Crippen molar-refractivity contribution < 1.29 is 28.0 Å². The molecule has 0 fully saturated rings. The topological polar surface area (TPSA) is 80.4 Å². The summed E-state index contributed by atoms with van der Waals surface area (Å²) >= 11 is 0. The number of carboxylic acids is 1. The largest absolute Gasteiger partial charge is 0.478 e. The van der Waals surface area contributed by atoms with E-state index in [1.54, 1.807) is 0 Å². The molecule has 0 bridgehead atoms. The highest BCUT2D eigenvalue weighted by atomic mass is 19.2. The number of carbonyl (C=O) groups is 1. The molecule has 0 spiro atoms. The van der Waals surface area contributed by atoms with Gasteiger partial charge >= 0.3 is 5.97 Å². The molecule has 0 saturated heterocycles. The van der Waals surface area contributed by atoms with Crippen LogP contribution in [0.1, 0.15) is 10.4 Å². The Morgan fingerprint density at radius 3 is 2.29 bits per heavy atom. The van der Waals surface area contributed by atoms with Crippen LogP contribution in [0.25, 0.3) is 11.1 Å². The van der Waals surface area contributed by atoms with Crippen molar-refractivity contribution in [2.75, 3.05) is 0 Å². The third kappa shape index (κ3) is 2.55. The van der Waals surface area contributed by atoms with Crippen LogP contribution in [0.5, 0.6) is 0 Å². The molecular weight excluding hydrogens is 291 g/mol. The normalized spacial score (nSPS) is 10.4. The molecule has 108 valence electrons. The first kappa shape index (κ1) is 14.5. The zero-order chi connectivity index (χ0) is 15.7. The van der Waals surface area contributed by atoms with E-state index in [2.05, 4.69) is 0 Å². The summed E-state index contributed by atoms with van der Waals surface area (Å²) in [4.78, 5) is 21.0. The predicted molar refractivity (Wildman–Crippen MR) is 65.4 cm³/mol. The van der Waals surface area contributed by atoms with Gasteiger partial charge in [-0.15, -0.1) is 0 Å². The lowest BCUT2D eigenvalue weighted by Crippen LogP contribution is -2.03. The molecular formula is C13H6F3NO4. The van der Waals surface area contributed by atoms with Gasteiger partial charge in [-0.1, -0.05) is 0 Å². The number of aromatic carboxylic acids is 1. The van der Waals surface area contributed by atoms with Gasteiger partial charge in [0.15, 0.2) is 17.5 Å². The quantitative estimate of drug-likeness (QED) is 0.535. The van der Waals surface area contributed by atoms with Crippen LogP contribution in [0, 0.1) is 27.6 Å². The van der Waals surface area contributed by atoms with Gasteiger partial charge in [0.2, 0.25) is 0 Å². The summed E-state index contributed by atoms with van der Waals surface area (Å²) in [6.45, 7) is 0. The smallest absolute Gasteiger partial charge is 0.336 e. The third-order valence-electron chi connectivity index (χ3n) is 2.77. The molecule has 1 N–H and O–H groups in total. The molecule has 0 aromatic heterocycles. The van der Waals surface area contributed by atoms with Crippen molar-refractivity contribution in [2.45, 2.75) is 0 Å². The van der Waals surface area contributed by atoms with Crippen LogP contribution in [0.15, 0.2) is 30.3 Å². The van der Waals surface area contributed by atoms with Crippen LogP contribution in [-0.4, -0.2) is 16.0 Å². The van der Waals surface area contributed by atoms with Gasteiger partial charge in [-0.05, 0) is 18.2 Å². The number of nitro benzene ring substituents is 1. The van der Waals surface area contributed by atoms with Gasteiger partial charge in [0.05, 0.1) is 10.5 Å². The van der Waals surface area contributed by atoms with Crippen LogP contribution in [-0.2, 0) is 0 Å². The minimum absolute atomic E-state index is 0.409. The molecule has 0 aliphatic heterocycles. The molecule has 0 unspecified atom stereocenters. The number of nitrogens with zero attached hydrogens (tertiary/aromatic N) is 1. The second-order valence-electron chi connectivity index (χ2n) is 4.02. The number of carboxylic acid groups (broad SMARTS) is 1. The van der Waals surface area contributed by atoms with Gasteiger partial charge in [0.1, 0.15) is 0 Å². The Labute approximate surface area is 115 Å². The first-order valence-corrected chi connectivity index (χ1v) is 5.48. The van der Waals surface area contributed by atoms with Crippen molar-refractivity contribution in [1.29, 1.82) is 0 Å². The van der Waals surface area contributed by atoms with E-state index < -0.39 is 50.7 Å². The van der Waals surface area contributed by atoms with E-state index >= 15 is 0 Å². The highest BCUT2D eigenvalue weighted by Gasteiger charge is 2.22. The van der Waals surface area contributed by atoms with Crippen LogP contribution in [0.4, 0.5) is 18.9 Å². The number of benzene rings is 2. The maximum Gasteiger partial charge on any atom is 0.336 e. The maximum absolute atomic E-state index is 13.7. The van der Waals surface area contributed by atoms with Crippen LogP contribution < -0.4 is 0 Å². The lowest BCUT2D eigenvalue weighted by Gasteiger charge is -2.08. The van der Waals surface area contributed by atoms with E-state index in [1.807, 2.05) is 0 Å². The van der Waals surface area contributed by atoms with E-state index in [0.29, 0.717) is 6.07 Å². The first-order valence-electron chi connectivity index (χ1n) is 5.48. The molecule has 5 nitrogen and oxygen atoms in total. The van der Waals surface area contributed by atoms with Crippen molar-refractivity contribution >= 4 is 11.7 Å². The number of rotatable bonds is 3. The monoisotopic (exact) mass is 297 g/mol. The summed E-state index contributed by atoms with van der Waals surface area (Å²) in [5.74, 6) is -6.32. The Kier molecular flexibility index (Phi) is 3.62. The highest BCUT2D eigenvalue weighted by molar-refractivity contribution is 5.96. The Morgan fingerprint density at radius 2 is 1.71 bits per heavy atom. The molecule has 0 aliphatic rings. The van der Waals surface area contributed by atoms with Crippen LogP contribution in [0.3, 0.4) is 0 Å². The van der Waals surface area contributed by atoms with Gasteiger partial charge < -0.3 is 5.11 Å². The van der Waals surface area contributed by atoms with Gasteiger partial charge in [0, 0.05) is 23.3 Å². The standard InChI is InChI=1S/C13H6F3NO4/c14-10-4-3-7(11(15)12(10)16)9-5-6(17(20)21)1-2-8(9)13(18)19/h1-5H,(H,18,19). The van der Waals surface area contributed by atoms with E-state index in [4.69, 9.17) is 5.11 Å². The van der Waals surface area contributed by atoms with Gasteiger partial charge in [-0.25, -0.2) is 18.0 Å². The summed E-state index contributed by atoms with van der Waals surface area (Å²) in [6.07, 6.45) is 0. The molecule has 8 heteroatoms. The predicted octanol–water partition coefficient (Wildman–Crippen LogP) is 3.38. The molecule has 0 atom stereocenters. The summed E-state index contributed by atoms with van der Waals surface area (Å²) in [6, 6.07) is 4.04. The summed E-state index contributed by atoms with van der Waals surface area (Å²) in [5, 5.41) is 19.7. The molecule has 0 aliphatic carbocycles. The summed E-state index contributed by atoms with van der Waals surface area (Å²) < 4.78 is 39.9. The van der Waals surface area contributed by atoms with Crippen molar-refractivity contribution in [3.63, 3.8) is 0 Å². The number of nitro groups is 1. The lowest BCUT2D eigenvalue weighted by atomic mass is 9.98. The minimum Gasteiger partial charge on any atom is -0.478 e. The fourth-order valence-electron chi connectivity index (χ4n) is 1.79. The summed E-state index contributed by atoms with van der Waals surface area (Å²) in [5.41, 5.74) is -1.95. The van der Waals surface area contributed by atoms with Crippen molar-refractivity contribution in [3.8, 4) is 11.1 Å². The van der Waals surface area contributed by atoms with Gasteiger partial charge in [-0.2, -0.15) is 0 Å². The Bertz CT molecular complexity index is 761. The zero-order valence-corrected chi connectivity index (χ0v) is 10.1. The lowest BCUT2D eigenvalue weighted by molar-refractivity contribution is -0.384. The van der Waals surface area contributed by atoms with Crippen LogP contribution in [0.2, 0.25) is 0 Å². The molecule has 0 saturated carbocycles. The number of non-ortho nitro benzene ring substituents is 1. The molecule has 2 aromatic carbocycles. The fraction of sp³-hybridized carbons (Fsp3) is 0. The average molecular weight is 297 g/mol. The molecule has 0 heterocycles. The van der Waals surface area contributed by atoms with Crippen molar-refractivity contribution in [3.05, 3.63) is 63.5 Å². The number of hydrogen-bond donors (Lipinski definition) is 1. The average Bonchev–Trinajstić information content (AvgIpc) is 2.44. The molecule has 2 rings (SSSR count). The van der Waals surface area contributed by atoms with Gasteiger partial charge in [-0.3, -0.25) is 10.1 Å². The second-order valence-corrected chi connectivity index (χ2v) is 4.02. The first-order chi connectivity index (χ1) is 9.82. The zero-order valence-electron chi connectivity index (χ0n) is 10.1. The van der Waals surface area contributed by atoms with E-state index in [9.17, 15) is 28.1 Å². The second kappa shape index (κ2) is 5.23. The molecule has 0 radical (unpaired) electrons. The van der Waals surface area contributed by atoms with Crippen molar-refractivity contribution in [2.24, 2.45) is 0 Å². The molecule has 0 amide bonds. The Balaban J connectivity index is 2.77. The molecule has 21 heavy (non-hydrogen) atoms. The SMILES string of the molecule is O=C(O)c1ccc([N+](=O)[O-])cc1-c1ccc(F)c(F)c1F. The van der Waals surface area contributed by atoms with E-state index in [1.165, 1.54) is 0 Å². The maximum atomic E-state index is 13.7. The Morgan fingerprint density at radius 1 is 1.05 bits per heavy atom. The van der Waals surface area contributed by atoms with Crippen molar-refractivity contribution in [1.82, 2.24) is 0 Å². The number of hydrogen-bond acceptors (Lipinski definition) is 3. The molecule has 2 aromatic rings. The Hall–Kier alpha value is -2.90. The minimum atomic E-state index is -1.78. The highest BCUT2D eigenvalue weighted by Crippen LogP contribution is 2.31.